The number of hydrogen-bond acceptors (Lipinski definition) is 4. The van der Waals surface area contributed by atoms with Crippen molar-refractivity contribution in [1.82, 2.24) is 5.32 Å². The number of alkyl halides is 1. The standard InChI is InChI=1S/C12H15BrClNO3/c1-17-11-5-3-4-10(14)8(11)6-15-7-9(13)12(16)18-2/h3-5,9,15H,6-7H2,1-2H3. The van der Waals surface area contributed by atoms with Crippen LogP contribution < -0.4 is 10.1 Å². The van der Waals surface area contributed by atoms with Crippen LogP contribution in [-0.2, 0) is 16.1 Å². The minimum absolute atomic E-state index is 0.311. The van der Waals surface area contributed by atoms with Crippen LogP contribution >= 0.6 is 27.5 Å². The largest absolute Gasteiger partial charge is 0.496 e. The van der Waals surface area contributed by atoms with Crippen molar-refractivity contribution in [1.29, 1.82) is 0 Å². The number of rotatable bonds is 6. The fraction of sp³-hybridized carbons (Fsp3) is 0.417. The first kappa shape index (κ1) is 15.3. The molecule has 0 saturated heterocycles. The molecule has 0 spiro atoms. The Balaban J connectivity index is 2.56. The number of methoxy groups -OCH3 is 2. The topological polar surface area (TPSA) is 47.6 Å². The predicted octanol–water partition coefficient (Wildman–Crippen LogP) is 2.37. The number of nitrogens with one attached hydrogen (secondary N) is 1. The minimum Gasteiger partial charge on any atom is -0.496 e. The molecular weight excluding hydrogens is 321 g/mol. The van der Waals surface area contributed by atoms with E-state index in [0.29, 0.717) is 18.1 Å². The monoisotopic (exact) mass is 335 g/mol. The first-order chi connectivity index (χ1) is 8.60. The molecule has 0 radical (unpaired) electrons. The van der Waals surface area contributed by atoms with Crippen LogP contribution in [0.5, 0.6) is 5.75 Å². The van der Waals surface area contributed by atoms with Gasteiger partial charge in [0.2, 0.25) is 0 Å². The zero-order valence-electron chi connectivity index (χ0n) is 10.2. The lowest BCUT2D eigenvalue weighted by molar-refractivity contribution is -0.139. The fourth-order valence-electron chi connectivity index (χ4n) is 1.44. The van der Waals surface area contributed by atoms with E-state index < -0.39 is 0 Å². The molecule has 1 unspecified atom stereocenters. The van der Waals surface area contributed by atoms with Crippen LogP contribution in [0.4, 0.5) is 0 Å². The lowest BCUT2D eigenvalue weighted by Gasteiger charge is -2.12. The van der Waals surface area contributed by atoms with Gasteiger partial charge in [-0.05, 0) is 12.1 Å². The van der Waals surface area contributed by atoms with Crippen molar-refractivity contribution in [2.75, 3.05) is 20.8 Å². The maximum absolute atomic E-state index is 11.2. The van der Waals surface area contributed by atoms with E-state index in [4.69, 9.17) is 16.3 Å². The Hall–Kier alpha value is -0.780. The second-order valence-electron chi connectivity index (χ2n) is 3.54. The first-order valence-electron chi connectivity index (χ1n) is 5.34. The molecule has 0 fully saturated rings. The molecule has 6 heteroatoms. The van der Waals surface area contributed by atoms with Crippen LogP contribution in [0.25, 0.3) is 0 Å². The highest BCUT2D eigenvalue weighted by Gasteiger charge is 2.15. The van der Waals surface area contributed by atoms with Crippen LogP contribution in [0.15, 0.2) is 18.2 Å². The number of hydrogen-bond donors (Lipinski definition) is 1. The van der Waals surface area contributed by atoms with E-state index in [-0.39, 0.29) is 10.8 Å². The third-order valence-electron chi connectivity index (χ3n) is 2.38. The maximum atomic E-state index is 11.2. The Morgan fingerprint density at radius 1 is 1.50 bits per heavy atom. The Labute approximate surface area is 120 Å². The van der Waals surface area contributed by atoms with Crippen LogP contribution in [0, 0.1) is 0 Å². The molecule has 0 bridgehead atoms. The highest BCUT2D eigenvalue weighted by atomic mass is 79.9. The fourth-order valence-corrected chi connectivity index (χ4v) is 2.09. The average molecular weight is 337 g/mol. The van der Waals surface area contributed by atoms with Crippen LogP contribution in [0.3, 0.4) is 0 Å². The van der Waals surface area contributed by atoms with E-state index in [9.17, 15) is 4.79 Å². The molecule has 1 aromatic rings. The Kier molecular flexibility index (Phi) is 6.46. The maximum Gasteiger partial charge on any atom is 0.320 e. The minimum atomic E-state index is -0.379. The number of halogens is 2. The second-order valence-corrected chi connectivity index (χ2v) is 5.05. The van der Waals surface area contributed by atoms with Crippen molar-refractivity contribution in [2.45, 2.75) is 11.4 Å². The average Bonchev–Trinajstić information content (AvgIpc) is 2.39. The van der Waals surface area contributed by atoms with Gasteiger partial charge in [-0.3, -0.25) is 4.79 Å². The molecule has 0 aromatic heterocycles. The van der Waals surface area contributed by atoms with Gasteiger partial charge in [0.1, 0.15) is 10.6 Å². The summed E-state index contributed by atoms with van der Waals surface area (Å²) in [5.74, 6) is 0.410. The van der Waals surface area contributed by atoms with Gasteiger partial charge in [0, 0.05) is 23.7 Å². The predicted molar refractivity (Wildman–Crippen MR) is 74.4 cm³/mol. The Morgan fingerprint density at radius 2 is 2.22 bits per heavy atom. The van der Waals surface area contributed by atoms with Crippen molar-refractivity contribution in [2.24, 2.45) is 0 Å². The van der Waals surface area contributed by atoms with Crippen LogP contribution in [0.2, 0.25) is 5.02 Å². The normalized spacial score (nSPS) is 12.0. The Morgan fingerprint density at radius 3 is 2.83 bits per heavy atom. The molecule has 1 atom stereocenters. The summed E-state index contributed by atoms with van der Waals surface area (Å²) < 4.78 is 9.83. The molecule has 4 nitrogen and oxygen atoms in total. The first-order valence-corrected chi connectivity index (χ1v) is 6.63. The van der Waals surface area contributed by atoms with Gasteiger partial charge >= 0.3 is 5.97 Å². The summed E-state index contributed by atoms with van der Waals surface area (Å²) >= 11 is 9.32. The van der Waals surface area contributed by atoms with Crippen molar-refractivity contribution < 1.29 is 14.3 Å². The van der Waals surface area contributed by atoms with Crippen molar-refractivity contribution in [3.63, 3.8) is 0 Å². The number of carbonyl (C=O) groups is 1. The highest BCUT2D eigenvalue weighted by Crippen LogP contribution is 2.25. The summed E-state index contributed by atoms with van der Waals surface area (Å²) in [7, 11) is 2.95. The number of carbonyl (C=O) groups excluding carboxylic acids is 1. The Bertz CT molecular complexity index is 414. The van der Waals surface area contributed by atoms with Gasteiger partial charge < -0.3 is 14.8 Å². The van der Waals surface area contributed by atoms with Gasteiger partial charge in [0.25, 0.3) is 0 Å². The molecule has 100 valence electrons. The summed E-state index contributed by atoms with van der Waals surface area (Å²) in [6, 6.07) is 5.47. The van der Waals surface area contributed by atoms with Gasteiger partial charge in [0.15, 0.2) is 0 Å². The molecule has 0 aliphatic carbocycles. The van der Waals surface area contributed by atoms with E-state index in [1.165, 1.54) is 7.11 Å². The SMILES string of the molecule is COC(=O)C(Br)CNCc1c(Cl)cccc1OC. The van der Waals surface area contributed by atoms with Crippen LogP contribution in [0.1, 0.15) is 5.56 Å². The highest BCUT2D eigenvalue weighted by molar-refractivity contribution is 9.10. The zero-order valence-corrected chi connectivity index (χ0v) is 12.5. The molecule has 0 amide bonds. The van der Waals surface area contributed by atoms with Gasteiger partial charge in [-0.2, -0.15) is 0 Å². The molecule has 0 saturated carbocycles. The molecular formula is C12H15BrClNO3. The lowest BCUT2D eigenvalue weighted by Crippen LogP contribution is -2.29. The van der Waals surface area contributed by atoms with E-state index in [1.807, 2.05) is 12.1 Å². The summed E-state index contributed by atoms with van der Waals surface area (Å²) in [6.45, 7) is 0.961. The quantitative estimate of drug-likeness (QED) is 0.640. The molecule has 0 heterocycles. The van der Waals surface area contributed by atoms with Gasteiger partial charge in [-0.25, -0.2) is 0 Å². The van der Waals surface area contributed by atoms with E-state index in [0.717, 1.165) is 11.3 Å². The molecule has 0 aliphatic heterocycles. The van der Waals surface area contributed by atoms with E-state index in [2.05, 4.69) is 26.0 Å². The van der Waals surface area contributed by atoms with Gasteiger partial charge in [-0.15, -0.1) is 0 Å². The zero-order chi connectivity index (χ0) is 13.5. The number of benzene rings is 1. The molecule has 1 N–H and O–H groups in total. The summed E-state index contributed by atoms with van der Waals surface area (Å²) in [6.07, 6.45) is 0. The third-order valence-corrected chi connectivity index (χ3v) is 3.43. The lowest BCUT2D eigenvalue weighted by atomic mass is 10.2. The van der Waals surface area contributed by atoms with Crippen molar-refractivity contribution >= 4 is 33.5 Å². The summed E-state index contributed by atoms with van der Waals surface area (Å²) in [5, 5.41) is 3.75. The third kappa shape index (κ3) is 4.15. The summed E-state index contributed by atoms with van der Waals surface area (Å²) in [5.41, 5.74) is 0.867. The van der Waals surface area contributed by atoms with Crippen LogP contribution in [-0.4, -0.2) is 31.6 Å². The van der Waals surface area contributed by atoms with E-state index in [1.54, 1.807) is 13.2 Å². The second kappa shape index (κ2) is 7.61. The van der Waals surface area contributed by atoms with Gasteiger partial charge in [-0.1, -0.05) is 33.6 Å². The summed E-state index contributed by atoms with van der Waals surface area (Å²) in [4.78, 5) is 10.8. The van der Waals surface area contributed by atoms with Gasteiger partial charge in [0.05, 0.1) is 14.2 Å². The number of ether oxygens (including phenoxy) is 2. The number of esters is 1. The van der Waals surface area contributed by atoms with Crippen molar-refractivity contribution in [3.8, 4) is 5.75 Å². The molecule has 0 aliphatic rings. The molecule has 1 aromatic carbocycles. The smallest absolute Gasteiger partial charge is 0.320 e. The van der Waals surface area contributed by atoms with Crippen molar-refractivity contribution in [3.05, 3.63) is 28.8 Å². The molecule has 1 rings (SSSR count). The van der Waals surface area contributed by atoms with E-state index >= 15 is 0 Å². The molecule has 18 heavy (non-hydrogen) atoms.